The lowest BCUT2D eigenvalue weighted by atomic mass is 9.83. The van der Waals surface area contributed by atoms with Gasteiger partial charge in [0, 0.05) is 0 Å². The van der Waals surface area contributed by atoms with Crippen LogP contribution in [-0.2, 0) is 19.6 Å². The maximum Gasteiger partial charge on any atom is 0.412 e. The Morgan fingerprint density at radius 3 is 2.36 bits per heavy atom. The van der Waals surface area contributed by atoms with Gasteiger partial charge in [-0.15, -0.1) is 0 Å². The lowest BCUT2D eigenvalue weighted by Crippen LogP contribution is -2.50. The van der Waals surface area contributed by atoms with Crippen molar-refractivity contribution in [2.75, 3.05) is 5.75 Å². The fourth-order valence-corrected chi connectivity index (χ4v) is 5.01. The standard InChI is InChI=1S/C20H37NO6S/c1-19(2,3)27-18(22)21-16(14-15-10-7-6-8-11-15)17(26-20(21,4)5)12-9-13-28(23,24)25/h15-17H,6-14H2,1-5H3,(H,23,24,25). The molecule has 1 N–H and O–H groups in total. The van der Waals surface area contributed by atoms with E-state index in [1.165, 1.54) is 19.3 Å². The summed E-state index contributed by atoms with van der Waals surface area (Å²) in [4.78, 5) is 14.7. The Balaban J connectivity index is 2.18. The Hall–Kier alpha value is -0.860. The summed E-state index contributed by atoms with van der Waals surface area (Å²) in [6.07, 6.45) is 6.91. The van der Waals surface area contributed by atoms with Crippen molar-refractivity contribution in [1.29, 1.82) is 0 Å². The van der Waals surface area contributed by atoms with Crippen LogP contribution in [0.5, 0.6) is 0 Å². The normalized spacial score (nSPS) is 26.4. The third-order valence-electron chi connectivity index (χ3n) is 5.56. The van der Waals surface area contributed by atoms with Gasteiger partial charge in [0.25, 0.3) is 10.1 Å². The molecule has 1 saturated carbocycles. The minimum absolute atomic E-state index is 0.158. The van der Waals surface area contributed by atoms with E-state index in [-0.39, 0.29) is 17.9 Å². The first kappa shape index (κ1) is 23.4. The average molecular weight is 420 g/mol. The van der Waals surface area contributed by atoms with E-state index in [1.807, 2.05) is 34.6 Å². The molecule has 7 nitrogen and oxygen atoms in total. The molecule has 0 aromatic heterocycles. The summed E-state index contributed by atoms with van der Waals surface area (Å²) in [6.45, 7) is 9.23. The van der Waals surface area contributed by atoms with E-state index < -0.39 is 27.5 Å². The zero-order chi connectivity index (χ0) is 21.2. The monoisotopic (exact) mass is 419 g/mol. The Bertz CT molecular complexity index is 634. The van der Waals surface area contributed by atoms with E-state index >= 15 is 0 Å². The number of hydrogen-bond acceptors (Lipinski definition) is 5. The largest absolute Gasteiger partial charge is 0.444 e. The molecule has 0 bridgehead atoms. The molecule has 2 atom stereocenters. The fraction of sp³-hybridized carbons (Fsp3) is 0.950. The fourth-order valence-electron chi connectivity index (χ4n) is 4.48. The van der Waals surface area contributed by atoms with Crippen LogP contribution in [0.25, 0.3) is 0 Å². The summed E-state index contributed by atoms with van der Waals surface area (Å²) >= 11 is 0. The number of amides is 1. The van der Waals surface area contributed by atoms with Gasteiger partial charge in [-0.2, -0.15) is 8.42 Å². The second kappa shape index (κ2) is 8.88. The molecule has 2 unspecified atom stereocenters. The molecule has 1 saturated heterocycles. The van der Waals surface area contributed by atoms with Gasteiger partial charge in [-0.25, -0.2) is 4.79 Å². The van der Waals surface area contributed by atoms with Crippen LogP contribution >= 0.6 is 0 Å². The number of carbonyl (C=O) groups is 1. The van der Waals surface area contributed by atoms with E-state index in [1.54, 1.807) is 4.90 Å². The van der Waals surface area contributed by atoms with Crippen molar-refractivity contribution in [1.82, 2.24) is 4.90 Å². The van der Waals surface area contributed by atoms with Crippen molar-refractivity contribution in [3.63, 3.8) is 0 Å². The summed E-state index contributed by atoms with van der Waals surface area (Å²) in [5.74, 6) is 0.237. The highest BCUT2D eigenvalue weighted by atomic mass is 32.2. The summed E-state index contributed by atoms with van der Waals surface area (Å²) in [5, 5.41) is 0. The van der Waals surface area contributed by atoms with Gasteiger partial charge >= 0.3 is 6.09 Å². The molecule has 0 radical (unpaired) electrons. The van der Waals surface area contributed by atoms with Crippen molar-refractivity contribution < 1.29 is 27.2 Å². The zero-order valence-corrected chi connectivity index (χ0v) is 18.8. The van der Waals surface area contributed by atoms with Crippen LogP contribution in [-0.4, -0.2) is 53.2 Å². The molecule has 1 heterocycles. The number of ether oxygens (including phenoxy) is 2. The third-order valence-corrected chi connectivity index (χ3v) is 6.37. The van der Waals surface area contributed by atoms with Crippen LogP contribution in [0.3, 0.4) is 0 Å². The van der Waals surface area contributed by atoms with Crippen LogP contribution in [0.2, 0.25) is 0 Å². The number of nitrogens with zero attached hydrogens (tertiary/aromatic N) is 1. The van der Waals surface area contributed by atoms with Crippen molar-refractivity contribution in [2.24, 2.45) is 5.92 Å². The van der Waals surface area contributed by atoms with Gasteiger partial charge in [0.05, 0.1) is 17.9 Å². The summed E-state index contributed by atoms with van der Waals surface area (Å²) in [6, 6.07) is -0.158. The predicted molar refractivity (Wildman–Crippen MR) is 108 cm³/mol. The van der Waals surface area contributed by atoms with Gasteiger partial charge in [0.15, 0.2) is 0 Å². The minimum Gasteiger partial charge on any atom is -0.444 e. The number of carbonyl (C=O) groups excluding carboxylic acids is 1. The highest BCUT2D eigenvalue weighted by Crippen LogP contribution is 2.40. The molecule has 0 aromatic rings. The minimum atomic E-state index is -4.00. The van der Waals surface area contributed by atoms with E-state index in [4.69, 9.17) is 14.0 Å². The topological polar surface area (TPSA) is 93.1 Å². The third kappa shape index (κ3) is 6.88. The molecule has 0 aromatic carbocycles. The Labute approximate surface area is 169 Å². The van der Waals surface area contributed by atoms with Crippen molar-refractivity contribution in [3.8, 4) is 0 Å². The molecule has 1 aliphatic carbocycles. The van der Waals surface area contributed by atoms with E-state index in [0.717, 1.165) is 19.3 Å². The highest BCUT2D eigenvalue weighted by Gasteiger charge is 2.51. The SMILES string of the molecule is CC(C)(C)OC(=O)N1C(CC2CCCCC2)C(CCCS(=O)(=O)O)OC1(C)C. The van der Waals surface area contributed by atoms with Crippen LogP contribution in [0, 0.1) is 5.92 Å². The van der Waals surface area contributed by atoms with E-state index in [2.05, 4.69) is 0 Å². The maximum absolute atomic E-state index is 13.0. The predicted octanol–water partition coefficient (Wildman–Crippen LogP) is 4.37. The molecular formula is C20H37NO6S. The first-order valence-corrected chi connectivity index (χ1v) is 12.0. The molecule has 164 valence electrons. The Morgan fingerprint density at radius 2 is 1.82 bits per heavy atom. The molecule has 2 aliphatic rings. The van der Waals surface area contributed by atoms with Crippen LogP contribution in [0.15, 0.2) is 0 Å². The van der Waals surface area contributed by atoms with Crippen LogP contribution in [0.4, 0.5) is 4.79 Å². The molecule has 2 fully saturated rings. The molecule has 1 aliphatic heterocycles. The molecule has 28 heavy (non-hydrogen) atoms. The Kier molecular flexibility index (Phi) is 7.42. The van der Waals surface area contributed by atoms with E-state index in [0.29, 0.717) is 18.8 Å². The number of hydrogen-bond donors (Lipinski definition) is 1. The summed E-state index contributed by atoms with van der Waals surface area (Å²) < 4.78 is 43.1. The van der Waals surface area contributed by atoms with Gasteiger partial charge in [0.1, 0.15) is 11.3 Å². The van der Waals surface area contributed by atoms with Crippen LogP contribution in [0.1, 0.15) is 86.0 Å². The smallest absolute Gasteiger partial charge is 0.412 e. The average Bonchev–Trinajstić information content (AvgIpc) is 2.75. The summed E-state index contributed by atoms with van der Waals surface area (Å²) in [7, 11) is -4.00. The van der Waals surface area contributed by atoms with Crippen molar-refractivity contribution in [2.45, 2.75) is 109 Å². The molecule has 2 rings (SSSR count). The molecule has 1 amide bonds. The summed E-state index contributed by atoms with van der Waals surface area (Å²) in [5.41, 5.74) is -1.43. The van der Waals surface area contributed by atoms with E-state index in [9.17, 15) is 13.2 Å². The first-order valence-electron chi connectivity index (χ1n) is 10.4. The van der Waals surface area contributed by atoms with Crippen molar-refractivity contribution >= 4 is 16.2 Å². The molecular weight excluding hydrogens is 382 g/mol. The highest BCUT2D eigenvalue weighted by molar-refractivity contribution is 7.85. The molecule has 0 spiro atoms. The zero-order valence-electron chi connectivity index (χ0n) is 17.9. The first-order chi connectivity index (χ1) is 12.8. The van der Waals surface area contributed by atoms with Gasteiger partial charge in [0.2, 0.25) is 0 Å². The Morgan fingerprint density at radius 1 is 1.21 bits per heavy atom. The molecule has 8 heteroatoms. The van der Waals surface area contributed by atoms with Gasteiger partial charge < -0.3 is 9.47 Å². The second-order valence-corrected chi connectivity index (χ2v) is 11.3. The van der Waals surface area contributed by atoms with Gasteiger partial charge in [-0.1, -0.05) is 32.1 Å². The van der Waals surface area contributed by atoms with Gasteiger partial charge in [-0.05, 0) is 59.8 Å². The van der Waals surface area contributed by atoms with Crippen molar-refractivity contribution in [3.05, 3.63) is 0 Å². The lowest BCUT2D eigenvalue weighted by molar-refractivity contribution is -0.0799. The quantitative estimate of drug-likeness (QED) is 0.643. The number of rotatable bonds is 6. The van der Waals surface area contributed by atoms with Gasteiger partial charge in [-0.3, -0.25) is 9.45 Å². The maximum atomic E-state index is 13.0. The second-order valence-electron chi connectivity index (χ2n) is 9.69. The lowest BCUT2D eigenvalue weighted by Gasteiger charge is -2.37. The van der Waals surface area contributed by atoms with Crippen LogP contribution < -0.4 is 0 Å².